The molecular weight excluding hydrogens is 528 g/mol. The molecule has 11 heteroatoms. The molecule has 0 bridgehead atoms. The van der Waals surface area contributed by atoms with Crippen molar-refractivity contribution in [3.8, 4) is 11.6 Å². The SMILES string of the molecule is C=CC(=O)N[C@H]1CCCC[C@H]1NC(=O)c1sc2nccc3c2c1NC(=O)N3c1ccc(Oc2ccccn2)cc1. The molecule has 1 aromatic carbocycles. The van der Waals surface area contributed by atoms with Gasteiger partial charge in [-0.15, -0.1) is 11.3 Å². The highest BCUT2D eigenvalue weighted by Crippen LogP contribution is 2.46. The third-order valence-electron chi connectivity index (χ3n) is 7.00. The van der Waals surface area contributed by atoms with Crippen LogP contribution in [-0.2, 0) is 4.79 Å². The van der Waals surface area contributed by atoms with Gasteiger partial charge < -0.3 is 20.7 Å². The third kappa shape index (κ3) is 4.87. The van der Waals surface area contributed by atoms with Gasteiger partial charge in [0.05, 0.1) is 22.4 Å². The van der Waals surface area contributed by atoms with Crippen LogP contribution in [0.4, 0.5) is 21.9 Å². The zero-order chi connectivity index (χ0) is 27.6. The summed E-state index contributed by atoms with van der Waals surface area (Å²) in [4.78, 5) is 50.0. The predicted molar refractivity (Wildman–Crippen MR) is 153 cm³/mol. The quantitative estimate of drug-likeness (QED) is 0.259. The number of benzene rings is 1. The predicted octanol–water partition coefficient (Wildman–Crippen LogP) is 5.51. The van der Waals surface area contributed by atoms with Crippen molar-refractivity contribution >= 4 is 56.5 Å². The minimum Gasteiger partial charge on any atom is -0.439 e. The van der Waals surface area contributed by atoms with Gasteiger partial charge >= 0.3 is 6.03 Å². The zero-order valence-corrected chi connectivity index (χ0v) is 22.2. The first kappa shape index (κ1) is 25.5. The van der Waals surface area contributed by atoms with Crippen LogP contribution >= 0.6 is 11.3 Å². The number of pyridine rings is 2. The third-order valence-corrected chi connectivity index (χ3v) is 8.10. The lowest BCUT2D eigenvalue weighted by molar-refractivity contribution is -0.117. The van der Waals surface area contributed by atoms with Gasteiger partial charge in [-0.3, -0.25) is 14.5 Å². The van der Waals surface area contributed by atoms with E-state index in [1.165, 1.54) is 17.4 Å². The molecule has 40 heavy (non-hydrogen) atoms. The van der Waals surface area contributed by atoms with Crippen molar-refractivity contribution in [3.63, 3.8) is 0 Å². The fraction of sp³-hybridized carbons (Fsp3) is 0.207. The van der Waals surface area contributed by atoms with Gasteiger partial charge in [0.2, 0.25) is 11.8 Å². The minimum absolute atomic E-state index is 0.183. The van der Waals surface area contributed by atoms with Crippen LogP contribution in [0.15, 0.2) is 73.6 Å². The Balaban J connectivity index is 1.27. The lowest BCUT2D eigenvalue weighted by Gasteiger charge is -2.32. The van der Waals surface area contributed by atoms with E-state index in [2.05, 4.69) is 32.5 Å². The first-order valence-corrected chi connectivity index (χ1v) is 13.8. The van der Waals surface area contributed by atoms with E-state index in [9.17, 15) is 14.4 Å². The largest absolute Gasteiger partial charge is 0.439 e. The van der Waals surface area contributed by atoms with E-state index in [0.717, 1.165) is 25.7 Å². The number of nitrogens with zero attached hydrogens (tertiary/aromatic N) is 3. The van der Waals surface area contributed by atoms with Gasteiger partial charge in [0.1, 0.15) is 15.5 Å². The smallest absolute Gasteiger partial charge is 0.331 e. The Morgan fingerprint density at radius 3 is 2.52 bits per heavy atom. The molecule has 6 rings (SSSR count). The Hall–Kier alpha value is -4.77. The molecule has 0 radical (unpaired) electrons. The van der Waals surface area contributed by atoms with Crippen LogP contribution < -0.4 is 25.6 Å². The Morgan fingerprint density at radius 1 is 1.02 bits per heavy atom. The summed E-state index contributed by atoms with van der Waals surface area (Å²) in [6.45, 7) is 3.52. The topological polar surface area (TPSA) is 126 Å². The van der Waals surface area contributed by atoms with E-state index in [-0.39, 0.29) is 29.9 Å². The zero-order valence-electron chi connectivity index (χ0n) is 21.4. The van der Waals surface area contributed by atoms with Crippen molar-refractivity contribution in [1.29, 1.82) is 0 Å². The van der Waals surface area contributed by atoms with Gasteiger partial charge in [-0.25, -0.2) is 14.8 Å². The summed E-state index contributed by atoms with van der Waals surface area (Å²) in [7, 11) is 0. The number of amides is 4. The summed E-state index contributed by atoms with van der Waals surface area (Å²) in [6, 6.07) is 13.5. The molecule has 1 fully saturated rings. The molecule has 4 amide bonds. The maximum absolute atomic E-state index is 13.5. The summed E-state index contributed by atoms with van der Waals surface area (Å²) in [6.07, 6.45) is 7.96. The molecule has 4 heterocycles. The number of carbonyl (C=O) groups is 3. The van der Waals surface area contributed by atoms with Crippen molar-refractivity contribution in [1.82, 2.24) is 20.6 Å². The summed E-state index contributed by atoms with van der Waals surface area (Å²) in [5.41, 5.74) is 1.70. The highest BCUT2D eigenvalue weighted by Gasteiger charge is 2.34. The number of carbonyl (C=O) groups excluding carboxylic acids is 3. The van der Waals surface area contributed by atoms with Gasteiger partial charge in [0.25, 0.3) is 5.91 Å². The van der Waals surface area contributed by atoms with E-state index < -0.39 is 0 Å². The van der Waals surface area contributed by atoms with Crippen molar-refractivity contribution < 1.29 is 19.1 Å². The minimum atomic E-state index is -0.389. The normalized spacial score (nSPS) is 18.1. The number of ether oxygens (including phenoxy) is 1. The van der Waals surface area contributed by atoms with Crippen LogP contribution in [0.3, 0.4) is 0 Å². The van der Waals surface area contributed by atoms with Crippen molar-refractivity contribution in [2.75, 3.05) is 10.2 Å². The van der Waals surface area contributed by atoms with Gasteiger partial charge in [-0.1, -0.05) is 25.5 Å². The van der Waals surface area contributed by atoms with Gasteiger partial charge in [0.15, 0.2) is 0 Å². The second kappa shape index (κ2) is 10.8. The molecule has 0 spiro atoms. The molecule has 202 valence electrons. The molecule has 4 aromatic rings. The van der Waals surface area contributed by atoms with Crippen LogP contribution in [0.1, 0.15) is 35.4 Å². The number of hydrogen-bond acceptors (Lipinski definition) is 7. The Kier molecular flexibility index (Phi) is 6.87. The Labute approximate surface area is 234 Å². The second-order valence-electron chi connectivity index (χ2n) is 9.53. The average Bonchev–Trinajstić information content (AvgIpc) is 3.35. The fourth-order valence-corrected chi connectivity index (χ4v) is 6.17. The molecule has 0 unspecified atom stereocenters. The lowest BCUT2D eigenvalue weighted by Crippen LogP contribution is -2.52. The van der Waals surface area contributed by atoms with Gasteiger partial charge in [-0.05, 0) is 55.3 Å². The van der Waals surface area contributed by atoms with Gasteiger partial charge in [-0.2, -0.15) is 0 Å². The monoisotopic (exact) mass is 554 g/mol. The molecular formula is C29H26N6O4S. The van der Waals surface area contributed by atoms with Crippen LogP contribution in [0.25, 0.3) is 10.2 Å². The molecule has 1 aliphatic carbocycles. The van der Waals surface area contributed by atoms with Crippen LogP contribution in [0, 0.1) is 0 Å². The van der Waals surface area contributed by atoms with Gasteiger partial charge in [0, 0.05) is 30.5 Å². The highest BCUT2D eigenvalue weighted by molar-refractivity contribution is 7.21. The molecule has 3 N–H and O–H groups in total. The Morgan fingerprint density at radius 2 is 1.80 bits per heavy atom. The Bertz CT molecular complexity index is 1600. The molecule has 1 aliphatic heterocycles. The number of aromatic nitrogens is 2. The first-order chi connectivity index (χ1) is 19.5. The molecule has 2 aliphatic rings. The summed E-state index contributed by atoms with van der Waals surface area (Å²) < 4.78 is 5.78. The van der Waals surface area contributed by atoms with E-state index in [4.69, 9.17) is 4.74 Å². The van der Waals surface area contributed by atoms with Crippen LogP contribution in [0.2, 0.25) is 0 Å². The fourth-order valence-electron chi connectivity index (χ4n) is 5.14. The summed E-state index contributed by atoms with van der Waals surface area (Å²) >= 11 is 1.23. The summed E-state index contributed by atoms with van der Waals surface area (Å²) in [5, 5.41) is 9.64. The number of urea groups is 1. The maximum atomic E-state index is 13.5. The molecule has 10 nitrogen and oxygen atoms in total. The first-order valence-electron chi connectivity index (χ1n) is 13.0. The standard InChI is InChI=1S/C29H26N6O4S/c1-2-22(36)32-19-7-3-4-8-20(19)33-27(37)26-25-24-21(14-16-31-28(24)40-26)35(29(38)34-25)17-10-12-18(13-11-17)39-23-9-5-6-15-30-23/h2,5-6,9-16,19-20H,1,3-4,7-8H2,(H,32,36)(H,33,37)(H,34,38)/t19-,20+/m0/s1. The molecule has 2 atom stereocenters. The van der Waals surface area contributed by atoms with E-state index in [0.29, 0.717) is 43.8 Å². The van der Waals surface area contributed by atoms with E-state index in [1.54, 1.807) is 53.7 Å². The van der Waals surface area contributed by atoms with E-state index in [1.807, 2.05) is 12.1 Å². The number of nitrogens with one attached hydrogen (secondary N) is 3. The van der Waals surface area contributed by atoms with Crippen molar-refractivity contribution in [3.05, 3.63) is 78.5 Å². The number of hydrogen-bond donors (Lipinski definition) is 3. The number of anilines is 3. The average molecular weight is 555 g/mol. The number of rotatable bonds is 7. The van der Waals surface area contributed by atoms with Crippen molar-refractivity contribution in [2.45, 2.75) is 37.8 Å². The van der Waals surface area contributed by atoms with Crippen LogP contribution in [0.5, 0.6) is 11.6 Å². The lowest BCUT2D eigenvalue weighted by atomic mass is 9.90. The van der Waals surface area contributed by atoms with E-state index >= 15 is 0 Å². The summed E-state index contributed by atoms with van der Waals surface area (Å²) in [5.74, 6) is 0.484. The molecule has 0 saturated heterocycles. The second-order valence-corrected chi connectivity index (χ2v) is 10.5. The highest BCUT2D eigenvalue weighted by atomic mass is 32.1. The molecule has 1 saturated carbocycles. The van der Waals surface area contributed by atoms with Crippen molar-refractivity contribution in [2.24, 2.45) is 0 Å². The van der Waals surface area contributed by atoms with Crippen LogP contribution in [-0.4, -0.2) is 39.9 Å². The maximum Gasteiger partial charge on any atom is 0.331 e. The number of thiophene rings is 1. The molecule has 3 aromatic heterocycles.